The van der Waals surface area contributed by atoms with Crippen LogP contribution in [0.5, 0.6) is 0 Å². The van der Waals surface area contributed by atoms with Gasteiger partial charge in [-0.1, -0.05) is 12.1 Å². The van der Waals surface area contributed by atoms with Crippen molar-refractivity contribution in [3.05, 3.63) is 54.5 Å². The molecule has 160 valence electrons. The number of para-hydroxylation sites is 1. The number of nitrogen functional groups attached to an aromatic ring is 1. The highest BCUT2D eigenvalue weighted by Gasteiger charge is 2.19. The highest BCUT2D eigenvalue weighted by molar-refractivity contribution is 5.56. The smallest absolute Gasteiger partial charge is 0.256 e. The first-order chi connectivity index (χ1) is 15.2. The minimum absolute atomic E-state index is 0.166. The van der Waals surface area contributed by atoms with Gasteiger partial charge in [-0.25, -0.2) is 4.39 Å². The predicted molar refractivity (Wildman–Crippen MR) is 116 cm³/mol. The van der Waals surface area contributed by atoms with E-state index in [2.05, 4.69) is 30.2 Å². The maximum atomic E-state index is 14.0. The lowest BCUT2D eigenvalue weighted by Gasteiger charge is -2.36. The molecule has 0 aliphatic carbocycles. The summed E-state index contributed by atoms with van der Waals surface area (Å²) in [7, 11) is 0. The van der Waals surface area contributed by atoms with E-state index in [1.165, 1.54) is 10.6 Å². The Morgan fingerprint density at radius 2 is 1.90 bits per heavy atom. The number of nitrogens with one attached hydrogen (secondary N) is 1. The second-order valence-electron chi connectivity index (χ2n) is 7.40. The zero-order valence-corrected chi connectivity index (χ0v) is 16.9. The molecule has 10 heteroatoms. The molecule has 0 spiro atoms. The van der Waals surface area contributed by atoms with Gasteiger partial charge in [-0.05, 0) is 24.3 Å². The van der Waals surface area contributed by atoms with Gasteiger partial charge in [-0.2, -0.15) is 14.5 Å². The fraction of sp³-hybridized carbons (Fsp3) is 0.286. The zero-order chi connectivity index (χ0) is 21.2. The second kappa shape index (κ2) is 8.23. The maximum absolute atomic E-state index is 14.0. The minimum atomic E-state index is -0.166. The molecule has 0 saturated carbocycles. The lowest BCUT2D eigenvalue weighted by Crippen LogP contribution is -2.47. The van der Waals surface area contributed by atoms with Crippen LogP contribution in [0, 0.1) is 5.82 Å². The van der Waals surface area contributed by atoms with E-state index < -0.39 is 0 Å². The molecule has 3 N–H and O–H groups in total. The van der Waals surface area contributed by atoms with Crippen molar-refractivity contribution in [2.45, 2.75) is 0 Å². The molecule has 4 heterocycles. The van der Waals surface area contributed by atoms with Crippen molar-refractivity contribution in [3.63, 3.8) is 0 Å². The number of aromatic nitrogens is 4. The number of fused-ring (bicyclic) bond motifs is 1. The van der Waals surface area contributed by atoms with Gasteiger partial charge in [0.15, 0.2) is 5.76 Å². The van der Waals surface area contributed by atoms with Crippen molar-refractivity contribution in [3.8, 4) is 11.6 Å². The first-order valence-corrected chi connectivity index (χ1v) is 10.2. The van der Waals surface area contributed by atoms with E-state index >= 15 is 0 Å². The molecule has 0 radical (unpaired) electrons. The Bertz CT molecular complexity index is 1170. The Morgan fingerprint density at radius 1 is 1.06 bits per heavy atom. The predicted octanol–water partition coefficient (Wildman–Crippen LogP) is 2.34. The van der Waals surface area contributed by atoms with Gasteiger partial charge in [-0.15, -0.1) is 5.10 Å². The van der Waals surface area contributed by atoms with E-state index in [9.17, 15) is 4.39 Å². The number of nitrogens with two attached hydrogens (primary N) is 1. The van der Waals surface area contributed by atoms with Crippen molar-refractivity contribution in [2.24, 2.45) is 0 Å². The average Bonchev–Trinajstić information content (AvgIpc) is 3.45. The molecule has 9 nitrogen and oxygen atoms in total. The molecule has 0 atom stereocenters. The van der Waals surface area contributed by atoms with Crippen LogP contribution in [0.2, 0.25) is 0 Å². The molecule has 5 rings (SSSR count). The number of rotatable bonds is 6. The normalized spacial score (nSPS) is 14.9. The Morgan fingerprint density at radius 3 is 2.68 bits per heavy atom. The number of piperazine rings is 1. The molecule has 1 saturated heterocycles. The third kappa shape index (κ3) is 4.02. The van der Waals surface area contributed by atoms with Gasteiger partial charge in [0, 0.05) is 45.3 Å². The molecule has 1 aliphatic rings. The van der Waals surface area contributed by atoms with Crippen LogP contribution in [0.25, 0.3) is 17.4 Å². The lowest BCUT2D eigenvalue weighted by atomic mass is 10.2. The van der Waals surface area contributed by atoms with Gasteiger partial charge in [0.25, 0.3) is 5.78 Å². The molecule has 0 amide bonds. The van der Waals surface area contributed by atoms with Gasteiger partial charge in [-0.3, -0.25) is 4.90 Å². The number of halogens is 1. The third-order valence-corrected chi connectivity index (χ3v) is 5.38. The topological polar surface area (TPSA) is 101 Å². The van der Waals surface area contributed by atoms with E-state index in [1.54, 1.807) is 30.5 Å². The fourth-order valence-electron chi connectivity index (χ4n) is 3.75. The van der Waals surface area contributed by atoms with E-state index in [0.29, 0.717) is 41.2 Å². The van der Waals surface area contributed by atoms with Crippen LogP contribution in [0.4, 0.5) is 21.7 Å². The van der Waals surface area contributed by atoms with E-state index in [1.807, 2.05) is 12.1 Å². The monoisotopic (exact) mass is 422 g/mol. The van der Waals surface area contributed by atoms with Crippen molar-refractivity contribution >= 4 is 23.1 Å². The van der Waals surface area contributed by atoms with Crippen LogP contribution in [-0.2, 0) is 0 Å². The first-order valence-electron chi connectivity index (χ1n) is 10.2. The number of hydrogen-bond acceptors (Lipinski definition) is 8. The summed E-state index contributed by atoms with van der Waals surface area (Å²) in [6.45, 7) is 4.91. The molecule has 1 fully saturated rings. The standard InChI is InChI=1S/C21H23FN8O/c22-15-4-1-2-5-16(15)29-11-9-28(10-12-29)8-7-24-19-14-18(23)30-21(25-19)26-20(27-30)17-6-3-13-31-17/h1-6,13-14H,7-12,23H2,(H,24,25,26,27). The summed E-state index contributed by atoms with van der Waals surface area (Å²) >= 11 is 0. The van der Waals surface area contributed by atoms with E-state index in [-0.39, 0.29) is 5.82 Å². The number of furan rings is 1. The van der Waals surface area contributed by atoms with Crippen molar-refractivity contribution in [1.29, 1.82) is 0 Å². The summed E-state index contributed by atoms with van der Waals surface area (Å²) in [6, 6.07) is 12.2. The van der Waals surface area contributed by atoms with Gasteiger partial charge in [0.05, 0.1) is 12.0 Å². The molecular formula is C21H23FN8O. The number of benzene rings is 1. The van der Waals surface area contributed by atoms with Gasteiger partial charge >= 0.3 is 0 Å². The first kappa shape index (κ1) is 19.3. The zero-order valence-electron chi connectivity index (χ0n) is 16.9. The SMILES string of the molecule is Nc1cc(NCCN2CCN(c3ccccc3F)CC2)nc2nc(-c3ccco3)nn12. The molecule has 1 aromatic carbocycles. The van der Waals surface area contributed by atoms with Gasteiger partial charge in [0.2, 0.25) is 5.82 Å². The number of hydrogen-bond donors (Lipinski definition) is 2. The van der Waals surface area contributed by atoms with Crippen molar-refractivity contribution < 1.29 is 8.81 Å². The molecule has 4 aromatic rings. The van der Waals surface area contributed by atoms with Crippen LogP contribution in [-0.4, -0.2) is 63.8 Å². The van der Waals surface area contributed by atoms with Crippen LogP contribution in [0.1, 0.15) is 0 Å². The third-order valence-electron chi connectivity index (χ3n) is 5.38. The van der Waals surface area contributed by atoms with Crippen LogP contribution < -0.4 is 16.0 Å². The van der Waals surface area contributed by atoms with Crippen LogP contribution in [0.3, 0.4) is 0 Å². The van der Waals surface area contributed by atoms with Gasteiger partial charge < -0.3 is 20.4 Å². The molecule has 31 heavy (non-hydrogen) atoms. The van der Waals surface area contributed by atoms with Crippen LogP contribution >= 0.6 is 0 Å². The van der Waals surface area contributed by atoms with E-state index in [0.717, 1.165) is 32.7 Å². The highest BCUT2D eigenvalue weighted by Crippen LogP contribution is 2.21. The summed E-state index contributed by atoms with van der Waals surface area (Å²) in [5.41, 5.74) is 6.80. The summed E-state index contributed by atoms with van der Waals surface area (Å²) in [5.74, 6) is 2.33. The summed E-state index contributed by atoms with van der Waals surface area (Å²) in [6.07, 6.45) is 1.57. The average molecular weight is 422 g/mol. The summed E-state index contributed by atoms with van der Waals surface area (Å²) in [4.78, 5) is 13.3. The quantitative estimate of drug-likeness (QED) is 0.488. The molecule has 0 unspecified atom stereocenters. The maximum Gasteiger partial charge on any atom is 0.256 e. The lowest BCUT2D eigenvalue weighted by molar-refractivity contribution is 0.266. The van der Waals surface area contributed by atoms with Gasteiger partial charge in [0.1, 0.15) is 17.5 Å². The number of nitrogens with zero attached hydrogens (tertiary/aromatic N) is 6. The fourth-order valence-corrected chi connectivity index (χ4v) is 3.75. The summed E-state index contributed by atoms with van der Waals surface area (Å²) < 4.78 is 20.8. The number of anilines is 3. The molecule has 3 aromatic heterocycles. The second-order valence-corrected chi connectivity index (χ2v) is 7.40. The Hall–Kier alpha value is -3.66. The van der Waals surface area contributed by atoms with E-state index in [4.69, 9.17) is 10.2 Å². The molecule has 1 aliphatic heterocycles. The Labute approximate surface area is 178 Å². The molecule has 0 bridgehead atoms. The van der Waals surface area contributed by atoms with Crippen molar-refractivity contribution in [2.75, 3.05) is 55.2 Å². The minimum Gasteiger partial charge on any atom is -0.461 e. The highest BCUT2D eigenvalue weighted by atomic mass is 19.1. The largest absolute Gasteiger partial charge is 0.461 e. The summed E-state index contributed by atoms with van der Waals surface area (Å²) in [5, 5.41) is 7.65. The Kier molecular flexibility index (Phi) is 5.13. The Balaban J connectivity index is 1.17. The van der Waals surface area contributed by atoms with Crippen molar-refractivity contribution in [1.82, 2.24) is 24.5 Å². The molecular weight excluding hydrogens is 399 g/mol. The van der Waals surface area contributed by atoms with Crippen LogP contribution in [0.15, 0.2) is 53.1 Å².